The van der Waals surface area contributed by atoms with Gasteiger partial charge in [-0.25, -0.2) is 0 Å². The fraction of sp³-hybridized carbons (Fsp3) is 0.310. The van der Waals surface area contributed by atoms with E-state index in [9.17, 15) is 10.1 Å². The van der Waals surface area contributed by atoms with Crippen LogP contribution in [0.4, 0.5) is 5.82 Å². The molecule has 0 bridgehead atoms. The summed E-state index contributed by atoms with van der Waals surface area (Å²) in [7, 11) is 0. The Morgan fingerprint density at radius 3 is 2.87 bits per heavy atom. The molecule has 2 fully saturated rings. The summed E-state index contributed by atoms with van der Waals surface area (Å²) in [5, 5.41) is 18.5. The van der Waals surface area contributed by atoms with Gasteiger partial charge in [0.15, 0.2) is 5.82 Å². The third-order valence-electron chi connectivity index (χ3n) is 7.54. The fourth-order valence-electron chi connectivity index (χ4n) is 5.61. The summed E-state index contributed by atoms with van der Waals surface area (Å²) in [6, 6.07) is 12.2. The van der Waals surface area contributed by atoms with Gasteiger partial charge >= 0.3 is 6.01 Å². The molecule has 6 rings (SSSR count). The molecule has 1 spiro atoms. The number of aromatic nitrogens is 5. The van der Waals surface area contributed by atoms with Gasteiger partial charge in [-0.1, -0.05) is 18.2 Å². The number of rotatable bonds is 6. The molecule has 2 aliphatic heterocycles. The zero-order valence-electron chi connectivity index (χ0n) is 21.9. The molecule has 3 aromatic heterocycles. The van der Waals surface area contributed by atoms with Crippen LogP contribution in [0.1, 0.15) is 30.2 Å². The molecule has 10 nitrogen and oxygen atoms in total. The summed E-state index contributed by atoms with van der Waals surface area (Å²) in [6.07, 6.45) is 7.76. The highest BCUT2D eigenvalue weighted by Crippen LogP contribution is 2.43. The van der Waals surface area contributed by atoms with Crippen molar-refractivity contribution in [2.75, 3.05) is 31.1 Å². The van der Waals surface area contributed by atoms with E-state index in [4.69, 9.17) is 14.7 Å². The zero-order valence-corrected chi connectivity index (χ0v) is 21.9. The largest absolute Gasteiger partial charge is 0.457 e. The molecule has 39 heavy (non-hydrogen) atoms. The van der Waals surface area contributed by atoms with Crippen LogP contribution in [0.2, 0.25) is 0 Å². The summed E-state index contributed by atoms with van der Waals surface area (Å²) < 4.78 is 6.05. The lowest BCUT2D eigenvalue weighted by molar-refractivity contribution is -0.136. The highest BCUT2D eigenvalue weighted by atomic mass is 16.5. The van der Waals surface area contributed by atoms with E-state index in [-0.39, 0.29) is 23.9 Å². The first kappa shape index (κ1) is 24.6. The standard InChI is InChI=1S/C29H28N8O2/c1-3-6-24(38)37-17-29(18-37)10-12-36(16-29)27-21(13-30)26(25-19(2)8-9-23-22(25)14-32-35-23)33-28(34-27)39-15-20-7-4-5-11-31-20/h3-9,11,14H,10,12,15-18H2,1-2H3,(H,32,35). The van der Waals surface area contributed by atoms with Crippen LogP contribution in [0, 0.1) is 23.7 Å². The minimum Gasteiger partial charge on any atom is -0.457 e. The van der Waals surface area contributed by atoms with Crippen molar-refractivity contribution >= 4 is 22.6 Å². The van der Waals surface area contributed by atoms with Gasteiger partial charge < -0.3 is 14.5 Å². The van der Waals surface area contributed by atoms with Crippen LogP contribution < -0.4 is 9.64 Å². The number of carbonyl (C=O) groups is 1. The van der Waals surface area contributed by atoms with Gasteiger partial charge in [0, 0.05) is 48.7 Å². The van der Waals surface area contributed by atoms with Gasteiger partial charge in [-0.2, -0.15) is 20.3 Å². The first-order chi connectivity index (χ1) is 19.0. The Bertz CT molecular complexity index is 1620. The summed E-state index contributed by atoms with van der Waals surface area (Å²) in [5.74, 6) is 0.589. The highest BCUT2D eigenvalue weighted by molar-refractivity contribution is 5.97. The first-order valence-corrected chi connectivity index (χ1v) is 12.9. The summed E-state index contributed by atoms with van der Waals surface area (Å²) in [4.78, 5) is 30.2. The van der Waals surface area contributed by atoms with Gasteiger partial charge in [0.05, 0.1) is 23.1 Å². The maximum absolute atomic E-state index is 12.3. The molecule has 4 aromatic rings. The van der Waals surface area contributed by atoms with E-state index >= 15 is 0 Å². The minimum absolute atomic E-state index is 0.00938. The molecule has 1 aromatic carbocycles. The van der Waals surface area contributed by atoms with Crippen LogP contribution in [0.15, 0.2) is 54.9 Å². The topological polar surface area (TPSA) is 124 Å². The summed E-state index contributed by atoms with van der Waals surface area (Å²) in [5.41, 5.74) is 4.31. The Hall–Kier alpha value is -4.78. The second-order valence-corrected chi connectivity index (χ2v) is 10.2. The molecule has 0 aliphatic carbocycles. The number of nitrogens with zero attached hydrogens (tertiary/aromatic N) is 7. The van der Waals surface area contributed by atoms with Gasteiger partial charge in [-0.05, 0) is 50.1 Å². The average Bonchev–Trinajstić information content (AvgIpc) is 3.59. The number of fused-ring (bicyclic) bond motifs is 1. The first-order valence-electron chi connectivity index (χ1n) is 12.9. The van der Waals surface area contributed by atoms with E-state index in [0.29, 0.717) is 36.7 Å². The molecule has 10 heteroatoms. The van der Waals surface area contributed by atoms with Crippen LogP contribution in [0.3, 0.4) is 0 Å². The van der Waals surface area contributed by atoms with Crippen molar-refractivity contribution in [1.29, 1.82) is 5.26 Å². The van der Waals surface area contributed by atoms with Crippen LogP contribution >= 0.6 is 0 Å². The van der Waals surface area contributed by atoms with Gasteiger partial charge in [-0.3, -0.25) is 14.9 Å². The molecule has 0 saturated carbocycles. The van der Waals surface area contributed by atoms with Crippen molar-refractivity contribution in [2.45, 2.75) is 26.9 Å². The Balaban J connectivity index is 1.39. The number of benzene rings is 1. The number of ether oxygens (including phenoxy) is 1. The third kappa shape index (κ3) is 4.46. The summed E-state index contributed by atoms with van der Waals surface area (Å²) >= 11 is 0. The molecule has 196 valence electrons. The number of likely N-dealkylation sites (tertiary alicyclic amines) is 1. The molecule has 0 unspecified atom stereocenters. The normalized spacial score (nSPS) is 16.1. The molecule has 1 amide bonds. The van der Waals surface area contributed by atoms with E-state index in [1.165, 1.54) is 0 Å². The number of hydrogen-bond acceptors (Lipinski definition) is 8. The smallest absolute Gasteiger partial charge is 0.319 e. The lowest BCUT2D eigenvalue weighted by atomic mass is 9.79. The van der Waals surface area contributed by atoms with Gasteiger partial charge in [0.25, 0.3) is 0 Å². The van der Waals surface area contributed by atoms with Gasteiger partial charge in [0.2, 0.25) is 5.91 Å². The number of hydrogen-bond donors (Lipinski definition) is 1. The number of anilines is 1. The molecule has 2 saturated heterocycles. The number of nitriles is 1. The second kappa shape index (κ2) is 9.83. The predicted molar refractivity (Wildman–Crippen MR) is 146 cm³/mol. The minimum atomic E-state index is -0.00938. The number of aryl methyl sites for hydroxylation is 1. The van der Waals surface area contributed by atoms with Crippen molar-refractivity contribution in [3.05, 3.63) is 71.7 Å². The monoisotopic (exact) mass is 520 g/mol. The fourth-order valence-corrected chi connectivity index (χ4v) is 5.61. The van der Waals surface area contributed by atoms with Crippen molar-refractivity contribution in [3.63, 3.8) is 0 Å². The van der Waals surface area contributed by atoms with Gasteiger partial charge in [0.1, 0.15) is 18.2 Å². The lowest BCUT2D eigenvalue weighted by Crippen LogP contribution is -2.59. The van der Waals surface area contributed by atoms with Crippen molar-refractivity contribution in [2.24, 2.45) is 5.41 Å². The van der Waals surface area contributed by atoms with E-state index in [2.05, 4.69) is 26.2 Å². The molecule has 0 atom stereocenters. The molecule has 5 heterocycles. The van der Waals surface area contributed by atoms with Crippen LogP contribution in [-0.2, 0) is 11.4 Å². The maximum Gasteiger partial charge on any atom is 0.319 e. The lowest BCUT2D eigenvalue weighted by Gasteiger charge is -2.47. The van der Waals surface area contributed by atoms with Crippen LogP contribution in [0.5, 0.6) is 6.01 Å². The average molecular weight is 521 g/mol. The highest BCUT2D eigenvalue weighted by Gasteiger charge is 2.49. The SMILES string of the molecule is CC=CC(=O)N1CC2(CCN(c3nc(OCc4ccccn4)nc(-c4c(C)ccc5[nH]ncc45)c3C#N)C2)C1. The number of aromatic amines is 1. The third-order valence-corrected chi connectivity index (χ3v) is 7.54. The van der Waals surface area contributed by atoms with Crippen LogP contribution in [-0.4, -0.2) is 62.1 Å². The Labute approximate surface area is 226 Å². The van der Waals surface area contributed by atoms with Crippen molar-refractivity contribution < 1.29 is 9.53 Å². The van der Waals surface area contributed by atoms with E-state index in [1.807, 2.05) is 49.1 Å². The number of H-pyrrole nitrogens is 1. The second-order valence-electron chi connectivity index (χ2n) is 10.2. The molecule has 0 radical (unpaired) electrons. The Kier molecular flexibility index (Phi) is 6.19. The Morgan fingerprint density at radius 2 is 2.10 bits per heavy atom. The zero-order chi connectivity index (χ0) is 27.0. The summed E-state index contributed by atoms with van der Waals surface area (Å²) in [6.45, 7) is 6.87. The Morgan fingerprint density at radius 1 is 1.23 bits per heavy atom. The van der Waals surface area contributed by atoms with E-state index in [1.54, 1.807) is 24.5 Å². The van der Waals surface area contributed by atoms with Crippen molar-refractivity contribution in [3.8, 4) is 23.3 Å². The molecular weight excluding hydrogens is 492 g/mol. The number of pyridine rings is 1. The van der Waals surface area contributed by atoms with E-state index in [0.717, 1.165) is 40.7 Å². The molecule has 2 aliphatic rings. The number of amides is 1. The molecular formula is C29H28N8O2. The number of carbonyl (C=O) groups excluding carboxylic acids is 1. The van der Waals surface area contributed by atoms with Gasteiger partial charge in [-0.15, -0.1) is 0 Å². The van der Waals surface area contributed by atoms with Crippen molar-refractivity contribution in [1.82, 2.24) is 30.0 Å². The van der Waals surface area contributed by atoms with E-state index < -0.39 is 0 Å². The molecule has 1 N–H and O–H groups in total. The number of nitrogens with one attached hydrogen (secondary N) is 1. The predicted octanol–water partition coefficient (Wildman–Crippen LogP) is 3.79. The maximum atomic E-state index is 12.3. The van der Waals surface area contributed by atoms with Crippen LogP contribution in [0.25, 0.3) is 22.2 Å². The quantitative estimate of drug-likeness (QED) is 0.381. The number of allylic oxidation sites excluding steroid dienone is 1.